The molecule has 0 bridgehead atoms. The van der Waals surface area contributed by atoms with E-state index in [1.807, 2.05) is 60.7 Å². The van der Waals surface area contributed by atoms with Crippen LogP contribution in [0.4, 0.5) is 27.5 Å². The molecule has 2 amide bonds. The van der Waals surface area contributed by atoms with Gasteiger partial charge in [-0.3, -0.25) is 10.9 Å². The lowest BCUT2D eigenvalue weighted by atomic mass is 10.1. The number of carbonyl (C=O) groups is 1. The molecule has 2 heterocycles. The van der Waals surface area contributed by atoms with Gasteiger partial charge in [0.2, 0.25) is 0 Å². The summed E-state index contributed by atoms with van der Waals surface area (Å²) in [6.07, 6.45) is 2.37. The number of aromatic nitrogens is 1. The average molecular weight is 594 g/mol. The summed E-state index contributed by atoms with van der Waals surface area (Å²) in [6, 6.07) is 23.2. The van der Waals surface area contributed by atoms with Gasteiger partial charge in [0.1, 0.15) is 5.75 Å². The molecular weight excluding hydrogens is 559 g/mol. The minimum Gasteiger partial charge on any atom is -0.497 e. The van der Waals surface area contributed by atoms with Gasteiger partial charge >= 0.3 is 6.03 Å². The monoisotopic (exact) mass is 592 g/mol. The fourth-order valence-corrected chi connectivity index (χ4v) is 5.44. The summed E-state index contributed by atoms with van der Waals surface area (Å²) in [5.74, 6) is 1.77. The molecule has 0 unspecified atom stereocenters. The lowest BCUT2D eigenvalue weighted by Gasteiger charge is -2.23. The fraction of sp³-hybridized carbons (Fsp3) is 0.290. The first-order valence-corrected chi connectivity index (χ1v) is 14.8. The summed E-state index contributed by atoms with van der Waals surface area (Å²) >= 11 is 11.9. The second-order valence-corrected chi connectivity index (χ2v) is 10.6. The number of pyridine rings is 1. The van der Waals surface area contributed by atoms with Gasteiger partial charge in [-0.25, -0.2) is 9.78 Å². The highest BCUT2D eigenvalue weighted by atomic mass is 35.5. The van der Waals surface area contributed by atoms with E-state index in [1.165, 1.54) is 12.8 Å². The number of benzene rings is 3. The third-order valence-electron chi connectivity index (χ3n) is 7.14. The predicted octanol–water partition coefficient (Wildman–Crippen LogP) is 6.94. The summed E-state index contributed by atoms with van der Waals surface area (Å²) in [6.45, 7) is 3.47. The first kappa shape index (κ1) is 28.6. The van der Waals surface area contributed by atoms with Gasteiger partial charge in [-0.1, -0.05) is 12.1 Å². The standard InChI is InChI=1S/C31H34Cl2N6O2/c1-41-26-6-4-5-22(19-26)29-21-30(27-20-25(11-12-28(27)34-29)38-15-2-3-16-38)35-31(40)37-36-23-7-9-24(10-8-23)39(17-13-32)18-14-33/h4-12,19-21,36H,2-3,13-18H2,1H3,(H2,34,35,37,40). The predicted molar refractivity (Wildman–Crippen MR) is 171 cm³/mol. The Hall–Kier alpha value is -3.88. The number of nitrogens with one attached hydrogen (secondary N) is 3. The van der Waals surface area contributed by atoms with Crippen molar-refractivity contribution in [1.29, 1.82) is 0 Å². The Balaban J connectivity index is 1.37. The van der Waals surface area contributed by atoms with Crippen molar-refractivity contribution < 1.29 is 9.53 Å². The van der Waals surface area contributed by atoms with Crippen molar-refractivity contribution in [2.75, 3.05) is 65.6 Å². The van der Waals surface area contributed by atoms with Crippen molar-refractivity contribution in [2.24, 2.45) is 0 Å². The molecule has 41 heavy (non-hydrogen) atoms. The van der Waals surface area contributed by atoms with Crippen molar-refractivity contribution in [3.8, 4) is 17.0 Å². The first-order chi connectivity index (χ1) is 20.1. The van der Waals surface area contributed by atoms with Gasteiger partial charge in [0.25, 0.3) is 0 Å². The normalized spacial score (nSPS) is 12.8. The van der Waals surface area contributed by atoms with E-state index >= 15 is 0 Å². The molecule has 1 aliphatic rings. The molecule has 0 atom stereocenters. The molecule has 10 heteroatoms. The van der Waals surface area contributed by atoms with Crippen LogP contribution in [0.3, 0.4) is 0 Å². The number of methoxy groups -OCH3 is 1. The van der Waals surface area contributed by atoms with Gasteiger partial charge in [-0.05, 0) is 73.5 Å². The lowest BCUT2D eigenvalue weighted by Crippen LogP contribution is -2.33. The number of hydrogen-bond donors (Lipinski definition) is 3. The number of hydrogen-bond acceptors (Lipinski definition) is 6. The number of ether oxygens (including phenoxy) is 1. The Labute approximate surface area is 250 Å². The second-order valence-electron chi connectivity index (χ2n) is 9.80. The maximum Gasteiger partial charge on any atom is 0.337 e. The number of rotatable bonds is 11. The van der Waals surface area contributed by atoms with E-state index in [0.29, 0.717) is 30.5 Å². The Morgan fingerprint density at radius 3 is 2.44 bits per heavy atom. The minimum absolute atomic E-state index is 0.393. The van der Waals surface area contributed by atoms with Crippen molar-refractivity contribution >= 4 is 62.9 Å². The Bertz CT molecular complexity index is 1470. The van der Waals surface area contributed by atoms with Crippen LogP contribution in [0.5, 0.6) is 5.75 Å². The van der Waals surface area contributed by atoms with Crippen LogP contribution in [0.2, 0.25) is 0 Å². The number of carbonyl (C=O) groups excluding carboxylic acids is 1. The topological polar surface area (TPSA) is 81.8 Å². The smallest absolute Gasteiger partial charge is 0.337 e. The number of alkyl halides is 2. The van der Waals surface area contributed by atoms with E-state index in [2.05, 4.69) is 38.1 Å². The molecule has 1 saturated heterocycles. The number of nitrogens with zero attached hydrogens (tertiary/aromatic N) is 3. The highest BCUT2D eigenvalue weighted by Crippen LogP contribution is 2.33. The molecule has 5 rings (SSSR count). The zero-order chi connectivity index (χ0) is 28.6. The third kappa shape index (κ3) is 7.07. The van der Waals surface area contributed by atoms with Crippen LogP contribution < -0.4 is 30.7 Å². The number of urea groups is 1. The summed E-state index contributed by atoms with van der Waals surface area (Å²) in [5, 5.41) is 3.91. The zero-order valence-corrected chi connectivity index (χ0v) is 24.5. The van der Waals surface area contributed by atoms with E-state index in [1.54, 1.807) is 7.11 Å². The number of anilines is 4. The summed E-state index contributed by atoms with van der Waals surface area (Å²) < 4.78 is 5.41. The molecule has 0 spiro atoms. The Morgan fingerprint density at radius 1 is 0.976 bits per heavy atom. The van der Waals surface area contributed by atoms with Crippen LogP contribution in [0.25, 0.3) is 22.2 Å². The van der Waals surface area contributed by atoms with E-state index in [4.69, 9.17) is 32.9 Å². The van der Waals surface area contributed by atoms with E-state index < -0.39 is 6.03 Å². The zero-order valence-electron chi connectivity index (χ0n) is 23.0. The molecule has 1 fully saturated rings. The Morgan fingerprint density at radius 2 is 1.73 bits per heavy atom. The van der Waals surface area contributed by atoms with Gasteiger partial charge in [-0.2, -0.15) is 0 Å². The molecule has 0 radical (unpaired) electrons. The number of amides is 2. The van der Waals surface area contributed by atoms with E-state index in [-0.39, 0.29) is 0 Å². The third-order valence-corrected chi connectivity index (χ3v) is 7.48. The van der Waals surface area contributed by atoms with Gasteiger partial charge in [-0.15, -0.1) is 23.2 Å². The molecular formula is C31H34Cl2N6O2. The van der Waals surface area contributed by atoms with Gasteiger partial charge in [0.15, 0.2) is 0 Å². The molecule has 1 aromatic heterocycles. The van der Waals surface area contributed by atoms with E-state index in [9.17, 15) is 4.79 Å². The SMILES string of the molecule is COc1cccc(-c2cc(NC(=O)NNc3ccc(N(CCCl)CCCl)cc3)c3cc(N4CCCC4)ccc3n2)c1. The quantitative estimate of drug-likeness (QED) is 0.129. The number of hydrazine groups is 1. The summed E-state index contributed by atoms with van der Waals surface area (Å²) in [4.78, 5) is 22.5. The second kappa shape index (κ2) is 13.7. The molecule has 214 valence electrons. The number of fused-ring (bicyclic) bond motifs is 1. The highest BCUT2D eigenvalue weighted by molar-refractivity contribution is 6.18. The summed E-state index contributed by atoms with van der Waals surface area (Å²) in [5.41, 5.74) is 11.7. The molecule has 3 N–H and O–H groups in total. The van der Waals surface area contributed by atoms with Crippen LogP contribution in [0, 0.1) is 0 Å². The highest BCUT2D eigenvalue weighted by Gasteiger charge is 2.16. The summed E-state index contributed by atoms with van der Waals surface area (Å²) in [7, 11) is 1.64. The Kier molecular flexibility index (Phi) is 9.54. The molecule has 8 nitrogen and oxygen atoms in total. The van der Waals surface area contributed by atoms with Gasteiger partial charge in [0.05, 0.1) is 29.7 Å². The van der Waals surface area contributed by atoms with Crippen molar-refractivity contribution in [3.05, 3.63) is 72.8 Å². The van der Waals surface area contributed by atoms with Gasteiger partial charge < -0.3 is 19.9 Å². The first-order valence-electron chi connectivity index (χ1n) is 13.7. The molecule has 3 aromatic carbocycles. The largest absolute Gasteiger partial charge is 0.497 e. The average Bonchev–Trinajstić information content (AvgIpc) is 3.55. The molecule has 4 aromatic rings. The molecule has 0 aliphatic carbocycles. The van der Waals surface area contributed by atoms with Crippen molar-refractivity contribution in [1.82, 2.24) is 10.4 Å². The van der Waals surface area contributed by atoms with Crippen molar-refractivity contribution in [3.63, 3.8) is 0 Å². The fourth-order valence-electron chi connectivity index (χ4n) is 5.03. The van der Waals surface area contributed by atoms with Crippen LogP contribution in [-0.4, -0.2) is 56.1 Å². The van der Waals surface area contributed by atoms with Crippen LogP contribution in [0.1, 0.15) is 12.8 Å². The molecule has 1 aliphatic heterocycles. The number of halogens is 2. The van der Waals surface area contributed by atoms with Crippen LogP contribution in [-0.2, 0) is 0 Å². The maximum atomic E-state index is 13.1. The lowest BCUT2D eigenvalue weighted by molar-refractivity contribution is 0.254. The molecule has 0 saturated carbocycles. The van der Waals surface area contributed by atoms with Crippen molar-refractivity contribution in [2.45, 2.75) is 12.8 Å². The van der Waals surface area contributed by atoms with Gasteiger partial charge in [0, 0.05) is 60.3 Å². The van der Waals surface area contributed by atoms with E-state index in [0.717, 1.165) is 58.1 Å². The minimum atomic E-state index is -0.393. The van der Waals surface area contributed by atoms with Crippen LogP contribution >= 0.6 is 23.2 Å². The van der Waals surface area contributed by atoms with Crippen LogP contribution in [0.15, 0.2) is 72.8 Å². The maximum absolute atomic E-state index is 13.1.